The molecular formula is C83H66N18O8S2. The van der Waals surface area contributed by atoms with Crippen molar-refractivity contribution in [3.05, 3.63) is 315 Å². The first-order chi connectivity index (χ1) is 54.0. The second-order valence-corrected chi connectivity index (χ2v) is 27.8. The summed E-state index contributed by atoms with van der Waals surface area (Å²) >= 11 is 2.61. The first kappa shape index (κ1) is 73.5. The van der Waals surface area contributed by atoms with Gasteiger partial charge in [-0.25, -0.2) is 20.4 Å². The van der Waals surface area contributed by atoms with Crippen LogP contribution in [0.5, 0.6) is 0 Å². The van der Waals surface area contributed by atoms with Crippen LogP contribution in [-0.4, -0.2) is 102 Å². The Morgan fingerprint density at radius 3 is 1.15 bits per heavy atom. The minimum atomic E-state index is -0.216. The van der Waals surface area contributed by atoms with Gasteiger partial charge in [0.15, 0.2) is 5.82 Å². The lowest BCUT2D eigenvalue weighted by Gasteiger charge is -2.17. The van der Waals surface area contributed by atoms with Crippen LogP contribution in [0.2, 0.25) is 0 Å². The van der Waals surface area contributed by atoms with Gasteiger partial charge in [0.2, 0.25) is 33.9 Å². The number of nitrogens with one attached hydrogen (secondary N) is 7. The van der Waals surface area contributed by atoms with Crippen LogP contribution in [0.4, 0.5) is 21.8 Å². The van der Waals surface area contributed by atoms with E-state index in [4.69, 9.17) is 0 Å². The topological polar surface area (TPSA) is 368 Å². The van der Waals surface area contributed by atoms with Crippen molar-refractivity contribution in [3.8, 4) is 45.0 Å². The molecule has 28 heteroatoms. The molecule has 7 N–H and O–H groups in total. The van der Waals surface area contributed by atoms with Crippen LogP contribution in [0.15, 0.2) is 249 Å². The van der Waals surface area contributed by atoms with Crippen LogP contribution in [0, 0.1) is 20.8 Å². The summed E-state index contributed by atoms with van der Waals surface area (Å²) in [5, 5.41) is 65.6. The molecule has 17 rings (SSSR count). The van der Waals surface area contributed by atoms with E-state index < -0.39 is 0 Å². The van der Waals surface area contributed by atoms with Crippen LogP contribution in [0.3, 0.4) is 0 Å². The van der Waals surface area contributed by atoms with E-state index in [1.54, 1.807) is 41.9 Å². The molecule has 9 aromatic carbocycles. The third-order valence-corrected chi connectivity index (χ3v) is 19.4. The molecule has 1 aliphatic rings. The molecule has 548 valence electrons. The van der Waals surface area contributed by atoms with Crippen LogP contribution in [-0.2, 0) is 51.3 Å². The number of anilines is 4. The Morgan fingerprint density at radius 1 is 0.396 bits per heavy atom. The van der Waals surface area contributed by atoms with Crippen molar-refractivity contribution in [2.24, 2.45) is 0 Å². The number of nitrogens with zero attached hydrogens (tertiary/aromatic N) is 11. The average Bonchev–Trinajstić information content (AvgIpc) is 1.45. The Labute approximate surface area is 638 Å². The molecule has 0 unspecified atom stereocenters. The summed E-state index contributed by atoms with van der Waals surface area (Å²) in [5.74, 6) is 0.0706. The number of aryl methyl sites for hydroxylation is 3. The highest BCUT2D eigenvalue weighted by Gasteiger charge is 2.25. The monoisotopic (exact) mass is 1510 g/mol. The van der Waals surface area contributed by atoms with E-state index in [9.17, 15) is 38.4 Å². The lowest BCUT2D eigenvalue weighted by atomic mass is 10.0. The van der Waals surface area contributed by atoms with Crippen molar-refractivity contribution >= 4 is 111 Å². The summed E-state index contributed by atoms with van der Waals surface area (Å²) in [6.45, 7) is 6.48. The summed E-state index contributed by atoms with van der Waals surface area (Å²) in [7, 11) is 0. The normalized spacial score (nSPS) is 11.4. The van der Waals surface area contributed by atoms with E-state index in [-0.39, 0.29) is 65.1 Å². The van der Waals surface area contributed by atoms with Crippen molar-refractivity contribution in [2.75, 3.05) is 27.4 Å². The highest BCUT2D eigenvalue weighted by Crippen LogP contribution is 2.32. The lowest BCUT2D eigenvalue weighted by Crippen LogP contribution is -2.30. The highest BCUT2D eigenvalue weighted by atomic mass is 32.1. The van der Waals surface area contributed by atoms with Crippen LogP contribution in [0.1, 0.15) is 44.1 Å². The molecule has 111 heavy (non-hydrogen) atoms. The number of hydrogen-bond acceptors (Lipinski definition) is 20. The van der Waals surface area contributed by atoms with E-state index in [0.29, 0.717) is 61.1 Å². The van der Waals surface area contributed by atoms with E-state index >= 15 is 0 Å². The van der Waals surface area contributed by atoms with Crippen molar-refractivity contribution in [3.63, 3.8) is 0 Å². The third kappa shape index (κ3) is 17.7. The maximum Gasteiger partial charge on any atom is 0.272 e. The maximum absolute atomic E-state index is 12.9. The largest absolute Gasteiger partial charge is 0.312 e. The number of carbonyl (C=O) groups is 4. The Bertz CT molecular complexity index is 6370. The molecule has 7 aromatic heterocycles. The highest BCUT2D eigenvalue weighted by molar-refractivity contribution is 7.15. The molecular weight excluding hydrogens is 1440 g/mol. The van der Waals surface area contributed by atoms with Crippen molar-refractivity contribution in [1.82, 2.24) is 71.4 Å². The first-order valence-electron chi connectivity index (χ1n) is 34.9. The van der Waals surface area contributed by atoms with Crippen molar-refractivity contribution < 1.29 is 19.2 Å². The van der Waals surface area contributed by atoms with Gasteiger partial charge >= 0.3 is 0 Å². The molecule has 0 atom stereocenters. The van der Waals surface area contributed by atoms with Gasteiger partial charge in [0.05, 0.1) is 75.7 Å². The summed E-state index contributed by atoms with van der Waals surface area (Å²) in [5.41, 5.74) is 14.9. The van der Waals surface area contributed by atoms with Gasteiger partial charge in [-0.05, 0) is 97.5 Å². The maximum atomic E-state index is 12.9. The van der Waals surface area contributed by atoms with E-state index in [0.717, 1.165) is 101 Å². The molecule has 16 aromatic rings. The zero-order chi connectivity index (χ0) is 76.9. The van der Waals surface area contributed by atoms with Crippen molar-refractivity contribution in [1.29, 1.82) is 0 Å². The fourth-order valence-electron chi connectivity index (χ4n) is 12.6. The fourth-order valence-corrected chi connectivity index (χ4v) is 13.7. The van der Waals surface area contributed by atoms with Gasteiger partial charge in [-0.2, -0.15) is 25.5 Å². The van der Waals surface area contributed by atoms with Gasteiger partial charge in [-0.1, -0.05) is 210 Å². The third-order valence-electron chi connectivity index (χ3n) is 18.0. The quantitative estimate of drug-likeness (QED) is 0.0501. The van der Waals surface area contributed by atoms with E-state index in [1.807, 2.05) is 195 Å². The molecule has 26 nitrogen and oxygen atoms in total. The Hall–Kier alpha value is -14.4. The Balaban J connectivity index is 0.000000123. The number of benzene rings is 9. The number of rotatable bonds is 15. The summed E-state index contributed by atoms with van der Waals surface area (Å²) in [6, 6.07) is 69.6. The van der Waals surface area contributed by atoms with Crippen LogP contribution >= 0.6 is 22.7 Å². The van der Waals surface area contributed by atoms with Crippen molar-refractivity contribution in [2.45, 2.75) is 52.9 Å². The first-order valence-corrected chi connectivity index (χ1v) is 36.6. The van der Waals surface area contributed by atoms with E-state index in [1.165, 1.54) is 33.8 Å². The molecule has 0 fully saturated rings. The number of hydrogen-bond donors (Lipinski definition) is 7. The molecule has 0 saturated carbocycles. The van der Waals surface area contributed by atoms with Gasteiger partial charge in [0.1, 0.15) is 10.5 Å². The molecule has 1 aliphatic heterocycles. The number of amides is 4. The molecule has 0 radical (unpaired) electrons. The Kier molecular flexibility index (Phi) is 22.3. The zero-order valence-corrected chi connectivity index (χ0v) is 61.3. The second kappa shape index (κ2) is 33.6. The van der Waals surface area contributed by atoms with Gasteiger partial charge in [0, 0.05) is 56.0 Å². The summed E-state index contributed by atoms with van der Waals surface area (Å²) in [6.07, 6.45) is 1.95. The molecule has 0 bridgehead atoms. The zero-order valence-electron chi connectivity index (χ0n) is 59.7. The number of fused-ring (bicyclic) bond motifs is 5. The second-order valence-electron chi connectivity index (χ2n) is 25.8. The summed E-state index contributed by atoms with van der Waals surface area (Å²) in [4.78, 5) is 98.9. The number of aromatic amines is 4. The number of H-pyrrole nitrogens is 4. The van der Waals surface area contributed by atoms with Gasteiger partial charge < -0.3 is 20.9 Å². The molecule has 0 aliphatic carbocycles. The fraction of sp³-hybridized carbons (Fsp3) is 0.108. The minimum Gasteiger partial charge on any atom is -0.312 e. The van der Waals surface area contributed by atoms with Gasteiger partial charge in [-0.3, -0.25) is 38.4 Å². The smallest absolute Gasteiger partial charge is 0.272 e. The minimum absolute atomic E-state index is 0.109. The Morgan fingerprint density at radius 2 is 0.784 bits per heavy atom. The van der Waals surface area contributed by atoms with Gasteiger partial charge in [-0.15, -0.1) is 25.5 Å². The average molecular weight is 1510 g/mol. The van der Waals surface area contributed by atoms with Crippen LogP contribution in [0.25, 0.3) is 88.1 Å². The standard InChI is InChI=1S/C25H21N3O2.C21H17N5O2.C19H15N5O2S.C18H13N5O2S/c1-16-6-11-22-19(14-16)12-13-28(22)23(29)15-17-7-9-18(10-8-17)24-20-4-2-3-5-21(20)25(30)27-26-24;1-13-6-11-18(24-23-13)22-19(27)12-14-7-9-15(10-8-14)20-16-4-2-3-5-17(16)21(28)26-25-20;1-11-21-24-19(27-11)20-16(25)10-12-6-8-13(9-7-12)17-14-4-2-3-5-15(14)18(26)23-22-17;24-15(20-18-23-19-10-26-18)9-11-5-7-12(8-6-11)16-13-3-1-2-4-14(13)17(25)22-21-16/h2-11,14H,12-13,15H2,1H3,(H,27,30);2-11H,12H2,1H3,(H,26,28)(H,22,24,27);2-9H,10H2,1H3,(H,23,26)(H,20,24,25);1-8,10H,9H2,(H,22,25)(H,20,23,24). The lowest BCUT2D eigenvalue weighted by molar-refractivity contribution is -0.118. The SMILES string of the molecule is Cc1ccc(NC(=O)Cc2ccc(-c3n[nH]c(=O)c4ccccc34)cc2)nn1.Cc1ccc2c(c1)CCN2C(=O)Cc1ccc(-c2n[nH]c(=O)c3ccccc23)cc1.Cc1nnc(NC(=O)Cc2ccc(-c3n[nH]c(=O)c4ccccc34)cc2)s1.O=C(Cc1ccc(-c2n[nH]c(=O)c3ccccc23)cc1)Nc1nncs1. The molecule has 0 saturated heterocycles. The van der Waals surface area contributed by atoms with Crippen LogP contribution < -0.4 is 43.1 Å². The number of aromatic nitrogens is 14. The molecule has 4 amide bonds. The predicted molar refractivity (Wildman–Crippen MR) is 430 cm³/mol. The molecule has 8 heterocycles. The predicted octanol–water partition coefficient (Wildman–Crippen LogP) is 12.5. The summed E-state index contributed by atoms with van der Waals surface area (Å²) < 4.78 is 0. The van der Waals surface area contributed by atoms with E-state index in [2.05, 4.69) is 106 Å². The van der Waals surface area contributed by atoms with Gasteiger partial charge in [0.25, 0.3) is 22.2 Å². The molecule has 0 spiro atoms. The number of carbonyl (C=O) groups excluding carboxylic acids is 4.